The number of rotatable bonds is 6. The van der Waals surface area contributed by atoms with Crippen molar-refractivity contribution >= 4 is 5.91 Å². The first-order chi connectivity index (χ1) is 11.3. The van der Waals surface area contributed by atoms with Crippen LogP contribution in [0.3, 0.4) is 0 Å². The fourth-order valence-electron chi connectivity index (χ4n) is 3.91. The van der Waals surface area contributed by atoms with Crippen LogP contribution in [0.4, 0.5) is 0 Å². The molecule has 2 aliphatic heterocycles. The van der Waals surface area contributed by atoms with E-state index < -0.39 is 0 Å². The Hall–Kier alpha value is -1.35. The number of likely N-dealkylation sites (tertiary alicyclic amines) is 1. The Morgan fingerprint density at radius 3 is 2.74 bits per heavy atom. The zero-order valence-corrected chi connectivity index (χ0v) is 14.1. The Morgan fingerprint density at radius 2 is 1.96 bits per heavy atom. The summed E-state index contributed by atoms with van der Waals surface area (Å²) in [5.74, 6) is 0.346. The average molecular weight is 315 g/mol. The Morgan fingerprint density at radius 1 is 1.09 bits per heavy atom. The minimum atomic E-state index is 0.325. The predicted octanol–water partition coefficient (Wildman–Crippen LogP) is 3.96. The highest BCUT2D eigenvalue weighted by Gasteiger charge is 2.27. The molecule has 3 nitrogen and oxygen atoms in total. The van der Waals surface area contributed by atoms with E-state index in [-0.39, 0.29) is 0 Å². The van der Waals surface area contributed by atoms with Gasteiger partial charge in [0.15, 0.2) is 0 Å². The minimum absolute atomic E-state index is 0.325. The van der Waals surface area contributed by atoms with Crippen LogP contribution in [0, 0.1) is 0 Å². The zero-order valence-electron chi connectivity index (χ0n) is 14.1. The van der Waals surface area contributed by atoms with Crippen LogP contribution in [0.25, 0.3) is 0 Å². The van der Waals surface area contributed by atoms with Gasteiger partial charge in [0.2, 0.25) is 5.91 Å². The maximum Gasteiger partial charge on any atom is 0.222 e. The molecule has 0 aliphatic carbocycles. The maximum atomic E-state index is 12.6. The number of carbonyl (C=O) groups is 1. The standard InChI is InChI=1S/C20H29NO2/c22-20(14-13-19-10-6-16-23-19)21-15-5-4-9-18(21)12-11-17-7-2-1-3-8-17/h1-3,7-8,18-19H,4-6,9-16H2. The second-order valence-corrected chi connectivity index (χ2v) is 6.93. The molecule has 23 heavy (non-hydrogen) atoms. The van der Waals surface area contributed by atoms with Crippen LogP contribution in [0.5, 0.6) is 0 Å². The number of hydrogen-bond acceptors (Lipinski definition) is 2. The third-order valence-corrected chi connectivity index (χ3v) is 5.26. The monoisotopic (exact) mass is 315 g/mol. The summed E-state index contributed by atoms with van der Waals surface area (Å²) in [7, 11) is 0. The highest BCUT2D eigenvalue weighted by Crippen LogP contribution is 2.24. The van der Waals surface area contributed by atoms with E-state index in [0.29, 0.717) is 24.5 Å². The normalized spacial score (nSPS) is 24.8. The van der Waals surface area contributed by atoms with Gasteiger partial charge >= 0.3 is 0 Å². The van der Waals surface area contributed by atoms with Crippen LogP contribution in [-0.4, -0.2) is 36.1 Å². The van der Waals surface area contributed by atoms with E-state index in [1.54, 1.807) is 0 Å². The molecule has 3 heteroatoms. The summed E-state index contributed by atoms with van der Waals surface area (Å²) < 4.78 is 5.65. The van der Waals surface area contributed by atoms with Crippen LogP contribution in [0.1, 0.15) is 56.9 Å². The van der Waals surface area contributed by atoms with Gasteiger partial charge in [0.05, 0.1) is 6.10 Å². The van der Waals surface area contributed by atoms with Crippen molar-refractivity contribution in [2.75, 3.05) is 13.2 Å². The number of benzene rings is 1. The molecule has 2 fully saturated rings. The fourth-order valence-corrected chi connectivity index (χ4v) is 3.91. The Kier molecular flexibility index (Phi) is 6.09. The van der Waals surface area contributed by atoms with E-state index in [1.165, 1.54) is 18.4 Å². The molecule has 0 N–H and O–H groups in total. The molecule has 0 bridgehead atoms. The van der Waals surface area contributed by atoms with Crippen LogP contribution in [0.15, 0.2) is 30.3 Å². The third-order valence-electron chi connectivity index (χ3n) is 5.26. The fraction of sp³-hybridized carbons (Fsp3) is 0.650. The summed E-state index contributed by atoms with van der Waals surface area (Å²) in [6.07, 6.45) is 9.92. The Labute approximate surface area is 140 Å². The molecule has 2 aliphatic rings. The van der Waals surface area contributed by atoms with Gasteiger partial charge in [0.1, 0.15) is 0 Å². The molecule has 1 aromatic carbocycles. The lowest BCUT2D eigenvalue weighted by Gasteiger charge is -2.36. The van der Waals surface area contributed by atoms with Crippen molar-refractivity contribution in [3.63, 3.8) is 0 Å². The molecule has 0 spiro atoms. The van der Waals surface area contributed by atoms with Crippen molar-refractivity contribution in [2.45, 2.75) is 69.9 Å². The largest absolute Gasteiger partial charge is 0.378 e. The highest BCUT2D eigenvalue weighted by atomic mass is 16.5. The highest BCUT2D eigenvalue weighted by molar-refractivity contribution is 5.76. The quantitative estimate of drug-likeness (QED) is 0.795. The number of piperidine rings is 1. The van der Waals surface area contributed by atoms with E-state index >= 15 is 0 Å². The van der Waals surface area contributed by atoms with Crippen molar-refractivity contribution in [3.05, 3.63) is 35.9 Å². The lowest BCUT2D eigenvalue weighted by molar-refractivity contribution is -0.135. The van der Waals surface area contributed by atoms with Gasteiger partial charge in [-0.25, -0.2) is 0 Å². The van der Waals surface area contributed by atoms with Gasteiger partial charge in [-0.1, -0.05) is 30.3 Å². The van der Waals surface area contributed by atoms with Gasteiger partial charge in [0, 0.05) is 25.6 Å². The molecule has 0 radical (unpaired) electrons. The summed E-state index contributed by atoms with van der Waals surface area (Å²) in [6, 6.07) is 11.1. The molecule has 126 valence electrons. The molecule has 2 saturated heterocycles. The second-order valence-electron chi connectivity index (χ2n) is 6.93. The van der Waals surface area contributed by atoms with E-state index in [4.69, 9.17) is 4.74 Å². The molecule has 0 saturated carbocycles. The molecule has 3 rings (SSSR count). The van der Waals surface area contributed by atoms with Crippen LogP contribution < -0.4 is 0 Å². The maximum absolute atomic E-state index is 12.6. The zero-order chi connectivity index (χ0) is 15.9. The molecule has 1 amide bonds. The van der Waals surface area contributed by atoms with Gasteiger partial charge in [-0.05, 0) is 56.9 Å². The van der Waals surface area contributed by atoms with Crippen molar-refractivity contribution in [3.8, 4) is 0 Å². The molecule has 2 unspecified atom stereocenters. The number of aryl methyl sites for hydroxylation is 1. The Bertz CT molecular complexity index is 482. The molecule has 1 aromatic rings. The first-order valence-electron chi connectivity index (χ1n) is 9.28. The van der Waals surface area contributed by atoms with Gasteiger partial charge < -0.3 is 9.64 Å². The first-order valence-corrected chi connectivity index (χ1v) is 9.28. The number of ether oxygens (including phenoxy) is 1. The van der Waals surface area contributed by atoms with Gasteiger partial charge in [-0.2, -0.15) is 0 Å². The number of nitrogens with zero attached hydrogens (tertiary/aromatic N) is 1. The minimum Gasteiger partial charge on any atom is -0.378 e. The summed E-state index contributed by atoms with van der Waals surface area (Å²) >= 11 is 0. The van der Waals surface area contributed by atoms with E-state index in [1.807, 2.05) is 0 Å². The Balaban J connectivity index is 1.49. The molecule has 2 heterocycles. The van der Waals surface area contributed by atoms with Gasteiger partial charge in [0.25, 0.3) is 0 Å². The van der Waals surface area contributed by atoms with E-state index in [2.05, 4.69) is 35.2 Å². The average Bonchev–Trinajstić information content (AvgIpc) is 3.12. The topological polar surface area (TPSA) is 29.5 Å². The number of amides is 1. The van der Waals surface area contributed by atoms with Gasteiger partial charge in [-0.15, -0.1) is 0 Å². The number of carbonyl (C=O) groups excluding carboxylic acids is 1. The molecule has 0 aromatic heterocycles. The SMILES string of the molecule is O=C(CCC1CCCO1)N1CCCCC1CCc1ccccc1. The van der Waals surface area contributed by atoms with Crippen LogP contribution >= 0.6 is 0 Å². The third kappa shape index (κ3) is 4.81. The first kappa shape index (κ1) is 16.5. The van der Waals surface area contributed by atoms with Crippen LogP contribution in [0.2, 0.25) is 0 Å². The smallest absolute Gasteiger partial charge is 0.222 e. The molecule has 2 atom stereocenters. The summed E-state index contributed by atoms with van der Waals surface area (Å²) in [5.41, 5.74) is 1.38. The predicted molar refractivity (Wildman–Crippen MR) is 92.3 cm³/mol. The lowest BCUT2D eigenvalue weighted by Crippen LogP contribution is -2.44. The number of hydrogen-bond donors (Lipinski definition) is 0. The summed E-state index contributed by atoms with van der Waals surface area (Å²) in [5, 5.41) is 0. The van der Waals surface area contributed by atoms with Crippen molar-refractivity contribution in [2.24, 2.45) is 0 Å². The molecular formula is C20H29NO2. The van der Waals surface area contributed by atoms with Crippen molar-refractivity contribution in [1.82, 2.24) is 4.90 Å². The van der Waals surface area contributed by atoms with Crippen LogP contribution in [-0.2, 0) is 16.0 Å². The summed E-state index contributed by atoms with van der Waals surface area (Å²) in [6.45, 7) is 1.83. The van der Waals surface area contributed by atoms with Crippen molar-refractivity contribution < 1.29 is 9.53 Å². The van der Waals surface area contributed by atoms with Crippen molar-refractivity contribution in [1.29, 1.82) is 0 Å². The van der Waals surface area contributed by atoms with E-state index in [9.17, 15) is 4.79 Å². The van der Waals surface area contributed by atoms with Gasteiger partial charge in [-0.3, -0.25) is 4.79 Å². The summed E-state index contributed by atoms with van der Waals surface area (Å²) in [4.78, 5) is 14.8. The van der Waals surface area contributed by atoms with E-state index in [0.717, 1.165) is 51.7 Å². The lowest BCUT2D eigenvalue weighted by atomic mass is 9.95. The second kappa shape index (κ2) is 8.49. The molecular weight excluding hydrogens is 286 g/mol.